The Morgan fingerprint density at radius 2 is 1.96 bits per heavy atom. The van der Waals surface area contributed by atoms with Crippen molar-refractivity contribution >= 4 is 15.9 Å². The van der Waals surface area contributed by atoms with E-state index in [-0.39, 0.29) is 17.5 Å². The molecular formula is C16H20N4O3S. The molecule has 2 heterocycles. The average Bonchev–Trinajstić information content (AvgIpc) is 3.00. The third kappa shape index (κ3) is 3.20. The molecule has 1 aromatic carbocycles. The van der Waals surface area contributed by atoms with Gasteiger partial charge in [-0.1, -0.05) is 18.2 Å². The maximum atomic E-state index is 12.7. The van der Waals surface area contributed by atoms with Crippen molar-refractivity contribution in [2.24, 2.45) is 0 Å². The molecule has 0 unspecified atom stereocenters. The third-order valence-corrected chi connectivity index (χ3v) is 6.03. The van der Waals surface area contributed by atoms with Crippen LogP contribution in [0.4, 0.5) is 0 Å². The predicted octanol–water partition coefficient (Wildman–Crippen LogP) is 1.25. The molecule has 0 atom stereocenters. The van der Waals surface area contributed by atoms with Gasteiger partial charge in [0.15, 0.2) is 5.03 Å². The Labute approximate surface area is 141 Å². The first kappa shape index (κ1) is 16.7. The lowest BCUT2D eigenvalue weighted by Crippen LogP contribution is -2.37. The molecule has 1 aliphatic rings. The van der Waals surface area contributed by atoms with Crippen LogP contribution in [0.5, 0.6) is 0 Å². The maximum absolute atomic E-state index is 12.7. The van der Waals surface area contributed by atoms with Crippen LogP contribution in [0.15, 0.2) is 41.8 Å². The molecule has 128 valence electrons. The summed E-state index contributed by atoms with van der Waals surface area (Å²) in [6.45, 7) is 3.49. The smallest absolute Gasteiger partial charge is 0.260 e. The van der Waals surface area contributed by atoms with Gasteiger partial charge in [0, 0.05) is 31.7 Å². The monoisotopic (exact) mass is 348 g/mol. The van der Waals surface area contributed by atoms with Gasteiger partial charge in [-0.05, 0) is 25.0 Å². The Bertz CT molecular complexity index is 818. The van der Waals surface area contributed by atoms with Crippen molar-refractivity contribution in [2.45, 2.75) is 18.4 Å². The molecule has 1 saturated heterocycles. The molecule has 1 fully saturated rings. The molecule has 1 aromatic heterocycles. The number of carbonyl (C=O) groups excluding carboxylic acids is 1. The van der Waals surface area contributed by atoms with Crippen LogP contribution >= 0.6 is 0 Å². The van der Waals surface area contributed by atoms with E-state index < -0.39 is 10.0 Å². The van der Waals surface area contributed by atoms with Gasteiger partial charge >= 0.3 is 0 Å². The van der Waals surface area contributed by atoms with Crippen LogP contribution in [-0.4, -0.2) is 59.7 Å². The summed E-state index contributed by atoms with van der Waals surface area (Å²) in [6.07, 6.45) is 3.25. The zero-order chi connectivity index (χ0) is 17.2. The second-order valence-electron chi connectivity index (χ2n) is 5.78. The van der Waals surface area contributed by atoms with E-state index >= 15 is 0 Å². The summed E-state index contributed by atoms with van der Waals surface area (Å²) in [4.78, 5) is 20.8. The van der Waals surface area contributed by atoms with Crippen LogP contribution in [-0.2, 0) is 10.0 Å². The van der Waals surface area contributed by atoms with Gasteiger partial charge in [-0.3, -0.25) is 4.79 Å². The van der Waals surface area contributed by atoms with E-state index in [1.165, 1.54) is 16.8 Å². The quantitative estimate of drug-likeness (QED) is 0.905. The van der Waals surface area contributed by atoms with Crippen LogP contribution in [0, 0.1) is 6.92 Å². The van der Waals surface area contributed by atoms with Crippen molar-refractivity contribution in [3.05, 3.63) is 47.9 Å². The molecule has 8 heteroatoms. The van der Waals surface area contributed by atoms with Crippen LogP contribution < -0.4 is 0 Å². The topological polar surface area (TPSA) is 86.4 Å². The normalized spacial score (nSPS) is 16.8. The Morgan fingerprint density at radius 3 is 2.67 bits per heavy atom. The molecule has 7 nitrogen and oxygen atoms in total. The fourth-order valence-corrected chi connectivity index (χ4v) is 4.21. The minimum absolute atomic E-state index is 0.0473. The lowest BCUT2D eigenvalue weighted by atomic mass is 10.1. The molecule has 0 saturated carbocycles. The minimum atomic E-state index is -3.59. The SMILES string of the molecule is Cc1ccccc1C(=O)N1CCCN(S(=O)(=O)c2cnc[nH]2)CC1. The first-order chi connectivity index (χ1) is 11.5. The molecule has 0 aliphatic carbocycles. The van der Waals surface area contributed by atoms with Gasteiger partial charge in [0.2, 0.25) is 0 Å². The lowest BCUT2D eigenvalue weighted by molar-refractivity contribution is 0.0763. The number of nitrogens with one attached hydrogen (secondary N) is 1. The number of aromatic nitrogens is 2. The Kier molecular flexibility index (Phi) is 4.68. The zero-order valence-electron chi connectivity index (χ0n) is 13.5. The number of benzene rings is 1. The van der Waals surface area contributed by atoms with Gasteiger partial charge in [0.25, 0.3) is 15.9 Å². The summed E-state index contributed by atoms with van der Waals surface area (Å²) >= 11 is 0. The molecule has 0 spiro atoms. The number of carbonyl (C=O) groups is 1. The van der Waals surface area contributed by atoms with Gasteiger partial charge in [0.1, 0.15) is 0 Å². The van der Waals surface area contributed by atoms with E-state index in [4.69, 9.17) is 0 Å². The number of H-pyrrole nitrogens is 1. The highest BCUT2D eigenvalue weighted by molar-refractivity contribution is 7.89. The highest BCUT2D eigenvalue weighted by Crippen LogP contribution is 2.17. The molecule has 3 rings (SSSR count). The first-order valence-electron chi connectivity index (χ1n) is 7.83. The highest BCUT2D eigenvalue weighted by Gasteiger charge is 2.29. The largest absolute Gasteiger partial charge is 0.337 e. The summed E-state index contributed by atoms with van der Waals surface area (Å²) in [6, 6.07) is 7.45. The van der Waals surface area contributed by atoms with E-state index in [2.05, 4.69) is 9.97 Å². The molecule has 2 aromatic rings. The molecule has 24 heavy (non-hydrogen) atoms. The molecule has 1 N–H and O–H groups in total. The van der Waals surface area contributed by atoms with Crippen molar-refractivity contribution in [3.8, 4) is 0 Å². The second kappa shape index (κ2) is 6.74. The molecule has 1 amide bonds. The number of amides is 1. The molecule has 1 aliphatic heterocycles. The Balaban J connectivity index is 1.74. The summed E-state index contributed by atoms with van der Waals surface area (Å²) in [5, 5.41) is 0.0844. The van der Waals surface area contributed by atoms with E-state index in [1.807, 2.05) is 31.2 Å². The first-order valence-corrected chi connectivity index (χ1v) is 9.27. The Hall–Kier alpha value is -2.19. The van der Waals surface area contributed by atoms with E-state index in [0.717, 1.165) is 5.56 Å². The molecular weight excluding hydrogens is 328 g/mol. The molecule has 0 bridgehead atoms. The van der Waals surface area contributed by atoms with Crippen LogP contribution in [0.3, 0.4) is 0 Å². The van der Waals surface area contributed by atoms with E-state index in [1.54, 1.807) is 4.90 Å². The van der Waals surface area contributed by atoms with Crippen molar-refractivity contribution in [2.75, 3.05) is 26.2 Å². The maximum Gasteiger partial charge on any atom is 0.260 e. The molecule has 0 radical (unpaired) electrons. The fraction of sp³-hybridized carbons (Fsp3) is 0.375. The average molecular weight is 348 g/mol. The number of rotatable bonds is 3. The van der Waals surface area contributed by atoms with Crippen molar-refractivity contribution in [3.63, 3.8) is 0 Å². The number of hydrogen-bond acceptors (Lipinski definition) is 4. The van der Waals surface area contributed by atoms with Gasteiger partial charge in [0.05, 0.1) is 12.5 Å². The van der Waals surface area contributed by atoms with Crippen molar-refractivity contribution in [1.82, 2.24) is 19.2 Å². The van der Waals surface area contributed by atoms with Crippen LogP contribution in [0.2, 0.25) is 0 Å². The number of aromatic amines is 1. The number of aryl methyl sites for hydroxylation is 1. The Morgan fingerprint density at radius 1 is 1.17 bits per heavy atom. The summed E-state index contributed by atoms with van der Waals surface area (Å²) in [7, 11) is -3.59. The van der Waals surface area contributed by atoms with E-state index in [0.29, 0.717) is 31.6 Å². The third-order valence-electron chi connectivity index (χ3n) is 4.21. The zero-order valence-corrected chi connectivity index (χ0v) is 14.3. The standard InChI is InChI=1S/C16H20N4O3S/c1-13-5-2-3-6-14(13)16(21)19-7-4-8-20(10-9-19)24(22,23)15-11-17-12-18-15/h2-3,5-6,11-12H,4,7-10H2,1H3,(H,17,18). The lowest BCUT2D eigenvalue weighted by Gasteiger charge is -2.22. The number of sulfonamides is 1. The van der Waals surface area contributed by atoms with Gasteiger partial charge in [-0.15, -0.1) is 0 Å². The van der Waals surface area contributed by atoms with Gasteiger partial charge < -0.3 is 9.88 Å². The fourth-order valence-electron chi connectivity index (χ4n) is 2.84. The minimum Gasteiger partial charge on any atom is -0.337 e. The van der Waals surface area contributed by atoms with Crippen LogP contribution in [0.1, 0.15) is 22.3 Å². The number of imidazole rings is 1. The van der Waals surface area contributed by atoms with E-state index in [9.17, 15) is 13.2 Å². The van der Waals surface area contributed by atoms with Crippen molar-refractivity contribution < 1.29 is 13.2 Å². The summed E-state index contributed by atoms with van der Waals surface area (Å²) in [5.74, 6) is -0.0473. The van der Waals surface area contributed by atoms with Gasteiger partial charge in [-0.2, -0.15) is 4.31 Å². The van der Waals surface area contributed by atoms with Crippen LogP contribution in [0.25, 0.3) is 0 Å². The summed E-state index contributed by atoms with van der Waals surface area (Å²) < 4.78 is 26.5. The predicted molar refractivity (Wildman–Crippen MR) is 89.0 cm³/mol. The van der Waals surface area contributed by atoms with Gasteiger partial charge in [-0.25, -0.2) is 13.4 Å². The second-order valence-corrected chi connectivity index (χ2v) is 7.69. The number of nitrogens with zero attached hydrogens (tertiary/aromatic N) is 3. The van der Waals surface area contributed by atoms with Crippen molar-refractivity contribution in [1.29, 1.82) is 0 Å². The number of hydrogen-bond donors (Lipinski definition) is 1. The highest BCUT2D eigenvalue weighted by atomic mass is 32.2. The summed E-state index contributed by atoms with van der Waals surface area (Å²) in [5.41, 5.74) is 1.59.